The number of nitrogens with one attached hydrogen (secondary N) is 1. The van der Waals surface area contributed by atoms with Crippen LogP contribution in [0.4, 0.5) is 21.0 Å². The molecule has 13 rings (SSSR count). The predicted octanol–water partition coefficient (Wildman–Crippen LogP) is 14.6. The maximum absolute atomic E-state index is 15.3. The highest BCUT2D eigenvalue weighted by Crippen LogP contribution is 2.42. The van der Waals surface area contributed by atoms with Gasteiger partial charge in [0.05, 0.1) is 42.7 Å². The van der Waals surface area contributed by atoms with E-state index in [1.165, 1.54) is 0 Å². The van der Waals surface area contributed by atoms with Gasteiger partial charge in [-0.25, -0.2) is 19.6 Å². The second-order valence-electron chi connectivity index (χ2n) is 27.0. The van der Waals surface area contributed by atoms with Crippen molar-refractivity contribution in [2.45, 2.75) is 122 Å². The minimum atomic E-state index is -0.845. The van der Waals surface area contributed by atoms with Crippen LogP contribution in [0.15, 0.2) is 186 Å². The van der Waals surface area contributed by atoms with E-state index < -0.39 is 35.5 Å². The predicted molar refractivity (Wildman–Crippen MR) is 384 cm³/mol. The quantitative estimate of drug-likeness (QED) is 0.123. The molecule has 0 saturated carbocycles. The number of aromatic nitrogens is 6. The normalized spacial score (nSPS) is 18.0. The number of piperazine rings is 2. The smallest absolute Gasteiger partial charge is 0.411 e. The van der Waals surface area contributed by atoms with Gasteiger partial charge in [0.15, 0.2) is 0 Å². The number of aryl methyl sites for hydroxylation is 4. The maximum Gasteiger partial charge on any atom is 0.411 e. The fourth-order valence-corrected chi connectivity index (χ4v) is 14.5. The second-order valence-corrected chi connectivity index (χ2v) is 29.7. The van der Waals surface area contributed by atoms with Gasteiger partial charge in [-0.05, 0) is 210 Å². The molecule has 9 aromatic rings. The lowest BCUT2D eigenvalue weighted by Gasteiger charge is -2.45. The zero-order valence-corrected chi connectivity index (χ0v) is 59.8. The molecule has 2 fully saturated rings. The lowest BCUT2D eigenvalue weighted by molar-refractivity contribution is -0.126. The number of carbonyl (C=O) groups excluding carboxylic acids is 4. The molecule has 2 unspecified atom stereocenters. The molecule has 502 valence electrons. The highest BCUT2D eigenvalue weighted by Gasteiger charge is 2.45. The van der Waals surface area contributed by atoms with Crippen molar-refractivity contribution < 1.29 is 28.7 Å². The summed E-state index contributed by atoms with van der Waals surface area (Å²) < 4.78 is 17.5. The Balaban J connectivity index is 0.000000187. The molecule has 2 aliphatic heterocycles. The first-order valence-electron chi connectivity index (χ1n) is 32.6. The van der Waals surface area contributed by atoms with Crippen molar-refractivity contribution in [3.05, 3.63) is 258 Å². The van der Waals surface area contributed by atoms with Gasteiger partial charge in [0.25, 0.3) is 5.91 Å². The standard InChI is InChI=1S/C41H42BrClN6O3.C34H36BrClN6O3/c1-41(2,3)52-40(51)48-19-18-47(38-35-15-14-33(43)22-30(35)12-13-31-21-32(42)23-45-37(31)38)26-36(48)39(50)49(25-28-8-5-4-6-9-28)34-11-7-10-29(20-34)24-46-17-16-44-27-46;1-34(2,3)45-33(44)42-14-13-41(20-29(42)32(43)39-27-6-4-5-22(15-27)19-40-12-11-37-21-40)31-28-10-9-26(36)17-23(28)7-8-24-16-25(35)18-38-30(24)31/h4-11,14-17,20-23,27,36,38H,12-13,18-19,24-26H2,1-3H3;4-6,9-12,15-18,21,29,31H,7-8,13-14,19-20H2,1-3H3,(H,39,43)/t36?,38-;29?,31-/m11/s1. The van der Waals surface area contributed by atoms with Crippen molar-refractivity contribution >= 4 is 90.4 Å². The number of hydrogen-bond acceptors (Lipinski definition) is 12. The number of anilines is 2. The molecule has 5 aromatic carbocycles. The molecule has 4 aliphatic rings. The van der Waals surface area contributed by atoms with E-state index in [9.17, 15) is 14.4 Å². The summed E-state index contributed by atoms with van der Waals surface area (Å²) in [6.07, 6.45) is 16.8. The van der Waals surface area contributed by atoms with Gasteiger partial charge in [-0.1, -0.05) is 89.9 Å². The van der Waals surface area contributed by atoms with Crippen LogP contribution >= 0.6 is 55.1 Å². The number of rotatable bonds is 12. The number of carbonyl (C=O) groups is 4. The summed E-state index contributed by atoms with van der Waals surface area (Å²) in [5.74, 6) is -0.465. The van der Waals surface area contributed by atoms with Gasteiger partial charge in [0, 0.05) is 120 Å². The summed E-state index contributed by atoms with van der Waals surface area (Å²) in [5, 5.41) is 4.47. The van der Waals surface area contributed by atoms with Crippen LogP contribution in [-0.4, -0.2) is 135 Å². The number of ether oxygens (including phenoxy) is 2. The summed E-state index contributed by atoms with van der Waals surface area (Å²) in [6, 6.07) is 39.9. The number of nitrogens with zero attached hydrogens (tertiary/aromatic N) is 11. The molecule has 6 heterocycles. The molecule has 2 saturated heterocycles. The van der Waals surface area contributed by atoms with Crippen LogP contribution < -0.4 is 10.2 Å². The largest absolute Gasteiger partial charge is 0.444 e. The van der Waals surface area contributed by atoms with Crippen LogP contribution in [0, 0.1) is 0 Å². The Morgan fingerprint density at radius 2 is 1.04 bits per heavy atom. The first kappa shape index (κ1) is 68.7. The number of pyridine rings is 2. The Kier molecular flexibility index (Phi) is 21.1. The third kappa shape index (κ3) is 16.8. The number of halogens is 4. The monoisotopic (exact) mass is 1470 g/mol. The molecule has 0 bridgehead atoms. The number of imidazole rings is 2. The van der Waals surface area contributed by atoms with Crippen molar-refractivity contribution in [3.8, 4) is 0 Å². The fourth-order valence-electron chi connectivity index (χ4n) is 13.4. The zero-order chi connectivity index (χ0) is 68.1. The van der Waals surface area contributed by atoms with Crippen LogP contribution in [0.2, 0.25) is 10.0 Å². The van der Waals surface area contributed by atoms with Gasteiger partial charge in [0.2, 0.25) is 5.91 Å². The van der Waals surface area contributed by atoms with Gasteiger partial charge >= 0.3 is 12.2 Å². The Labute approximate surface area is 593 Å². The van der Waals surface area contributed by atoms with Crippen LogP contribution in [0.25, 0.3) is 0 Å². The van der Waals surface area contributed by atoms with E-state index >= 15 is 4.79 Å². The van der Waals surface area contributed by atoms with Gasteiger partial charge in [-0.2, -0.15) is 0 Å². The molecule has 2 aliphatic carbocycles. The third-order valence-electron chi connectivity index (χ3n) is 17.7. The number of hydrogen-bond donors (Lipinski definition) is 1. The van der Waals surface area contributed by atoms with E-state index in [1.54, 1.807) is 34.8 Å². The minimum absolute atomic E-state index is 0.187. The van der Waals surface area contributed by atoms with Gasteiger partial charge in [-0.3, -0.25) is 39.2 Å². The van der Waals surface area contributed by atoms with E-state index in [-0.39, 0.29) is 30.4 Å². The lowest BCUT2D eigenvalue weighted by Crippen LogP contribution is -2.62. The third-order valence-corrected chi connectivity index (χ3v) is 19.0. The molecule has 4 aromatic heterocycles. The number of fused-ring (bicyclic) bond motifs is 4. The van der Waals surface area contributed by atoms with E-state index in [1.807, 2.05) is 183 Å². The Morgan fingerprint density at radius 1 is 0.557 bits per heavy atom. The molecule has 0 radical (unpaired) electrons. The minimum Gasteiger partial charge on any atom is -0.444 e. The van der Waals surface area contributed by atoms with Gasteiger partial charge in [0.1, 0.15) is 23.3 Å². The first-order chi connectivity index (χ1) is 46.6. The van der Waals surface area contributed by atoms with Crippen LogP contribution in [0.3, 0.4) is 0 Å². The van der Waals surface area contributed by atoms with Gasteiger partial charge < -0.3 is 28.8 Å². The molecule has 18 nitrogen and oxygen atoms in total. The van der Waals surface area contributed by atoms with Crippen molar-refractivity contribution in [1.82, 2.24) is 48.7 Å². The average Bonchev–Trinajstić information content (AvgIpc) is 1.76. The average molecular weight is 1470 g/mol. The van der Waals surface area contributed by atoms with Crippen LogP contribution in [0.1, 0.15) is 115 Å². The van der Waals surface area contributed by atoms with Crippen molar-refractivity contribution in [2.24, 2.45) is 0 Å². The Bertz CT molecular complexity index is 4190. The summed E-state index contributed by atoms with van der Waals surface area (Å²) in [6.45, 7) is 14.8. The van der Waals surface area contributed by atoms with Crippen LogP contribution in [-0.2, 0) is 64.4 Å². The summed E-state index contributed by atoms with van der Waals surface area (Å²) in [5.41, 5.74) is 11.7. The number of benzene rings is 5. The Hall–Kier alpha value is -8.24. The van der Waals surface area contributed by atoms with E-state index in [0.29, 0.717) is 68.1 Å². The van der Waals surface area contributed by atoms with E-state index in [0.717, 1.165) is 102 Å². The molecule has 4 atom stereocenters. The number of amides is 4. The van der Waals surface area contributed by atoms with Crippen molar-refractivity contribution in [3.63, 3.8) is 0 Å². The topological polar surface area (TPSA) is 176 Å². The maximum atomic E-state index is 15.3. The summed E-state index contributed by atoms with van der Waals surface area (Å²) in [7, 11) is 0. The van der Waals surface area contributed by atoms with E-state index in [2.05, 4.69) is 81.2 Å². The van der Waals surface area contributed by atoms with Crippen LogP contribution in [0.5, 0.6) is 0 Å². The zero-order valence-electron chi connectivity index (χ0n) is 55.1. The first-order valence-corrected chi connectivity index (χ1v) is 35.0. The molecule has 97 heavy (non-hydrogen) atoms. The fraction of sp³-hybridized carbons (Fsp3) is 0.333. The Morgan fingerprint density at radius 3 is 1.56 bits per heavy atom. The molecule has 1 N–H and O–H groups in total. The highest BCUT2D eigenvalue weighted by atomic mass is 79.9. The molecule has 0 spiro atoms. The highest BCUT2D eigenvalue weighted by molar-refractivity contribution is 9.10. The second kappa shape index (κ2) is 29.9. The molecule has 4 amide bonds. The van der Waals surface area contributed by atoms with Crippen molar-refractivity contribution in [2.75, 3.05) is 49.5 Å². The summed E-state index contributed by atoms with van der Waals surface area (Å²) >= 11 is 20.2. The molecular formula is C75H78Br2Cl2N12O6. The summed E-state index contributed by atoms with van der Waals surface area (Å²) in [4.78, 5) is 84.6. The molecular weight excluding hydrogens is 1400 g/mol. The lowest BCUT2D eigenvalue weighted by atomic mass is 9.95. The SMILES string of the molecule is CC(C)(C)OC(=O)N1CCN([C@@H]2c3ccc(Cl)cc3CCc3cc(Br)cnc32)CC1C(=O)N(Cc1ccccc1)c1cccc(Cn2ccnc2)c1.CC(C)(C)OC(=O)N1CCN([C@@H]2c3ccc(Cl)cc3CCc3cc(Br)cnc32)CC1C(=O)Nc1cccc(Cn2ccnc2)c1. The molecule has 22 heteroatoms. The van der Waals surface area contributed by atoms with Gasteiger partial charge in [-0.15, -0.1) is 0 Å². The van der Waals surface area contributed by atoms with Crippen molar-refractivity contribution in [1.29, 1.82) is 0 Å². The van der Waals surface area contributed by atoms with E-state index in [4.69, 9.17) is 42.6 Å².